The number of hydrogen-bond acceptors (Lipinski definition) is 5. The van der Waals surface area contributed by atoms with Gasteiger partial charge in [-0.1, -0.05) is 12.1 Å². The fraction of sp³-hybridized carbons (Fsp3) is 0.250. The van der Waals surface area contributed by atoms with Crippen LogP contribution in [0.15, 0.2) is 36.2 Å². The highest BCUT2D eigenvalue weighted by atomic mass is 16.5. The quantitative estimate of drug-likeness (QED) is 0.317. The first-order valence-corrected chi connectivity index (χ1v) is 5.29. The monoisotopic (exact) mass is 252 g/mol. The molecule has 18 heavy (non-hydrogen) atoms. The van der Waals surface area contributed by atoms with E-state index in [2.05, 4.69) is 0 Å². The van der Waals surface area contributed by atoms with Crippen molar-refractivity contribution in [1.82, 2.24) is 4.90 Å². The van der Waals surface area contributed by atoms with Crippen LogP contribution in [0.4, 0.5) is 5.69 Å². The minimum absolute atomic E-state index is 0.267. The number of para-hydroxylation sites is 2. The number of aliphatic hydroxyl groups excluding tert-OH is 1. The first kappa shape index (κ1) is 13.7. The summed E-state index contributed by atoms with van der Waals surface area (Å²) in [6, 6.07) is 6.90. The van der Waals surface area contributed by atoms with E-state index in [1.165, 1.54) is 11.9 Å². The Morgan fingerprint density at radius 2 is 2.11 bits per heavy atom. The van der Waals surface area contributed by atoms with Crippen molar-refractivity contribution >= 4 is 11.7 Å². The molecule has 0 saturated carbocycles. The zero-order valence-electron chi connectivity index (χ0n) is 10.2. The Hall–Kier alpha value is -2.37. The number of carbonyl (C=O) groups is 1. The second-order valence-corrected chi connectivity index (χ2v) is 3.69. The van der Waals surface area contributed by atoms with E-state index in [-0.39, 0.29) is 5.70 Å². The number of benzene rings is 1. The van der Waals surface area contributed by atoms with Crippen LogP contribution in [0.2, 0.25) is 0 Å². The molecule has 0 saturated heterocycles. The number of nitrogens with two attached hydrogens (primary N) is 1. The molecule has 0 aliphatic rings. The van der Waals surface area contributed by atoms with E-state index in [9.17, 15) is 4.79 Å². The van der Waals surface area contributed by atoms with Gasteiger partial charge in [-0.2, -0.15) is 0 Å². The number of anilines is 1. The molecule has 1 aromatic carbocycles. The predicted octanol–water partition coefficient (Wildman–Crippen LogP) is 1.41. The molecule has 0 amide bonds. The van der Waals surface area contributed by atoms with Crippen molar-refractivity contribution in [2.24, 2.45) is 0 Å². The van der Waals surface area contributed by atoms with Crippen molar-refractivity contribution in [3.63, 3.8) is 0 Å². The van der Waals surface area contributed by atoms with E-state index < -0.39 is 12.2 Å². The summed E-state index contributed by atoms with van der Waals surface area (Å²) < 4.78 is 5.53. The van der Waals surface area contributed by atoms with Crippen molar-refractivity contribution in [3.8, 4) is 5.75 Å². The fourth-order valence-electron chi connectivity index (χ4n) is 1.34. The minimum atomic E-state index is -1.24. The number of hydrogen-bond donors (Lipinski definition) is 3. The maximum Gasteiger partial charge on any atom is 0.355 e. The Morgan fingerprint density at radius 3 is 2.61 bits per heavy atom. The van der Waals surface area contributed by atoms with Crippen LogP contribution in [0, 0.1) is 0 Å². The zero-order chi connectivity index (χ0) is 13.7. The summed E-state index contributed by atoms with van der Waals surface area (Å²) in [6.07, 6.45) is -0.0690. The normalized spacial score (nSPS) is 12.9. The lowest BCUT2D eigenvalue weighted by Gasteiger charge is -2.27. The number of carboxylic acid groups (broad SMARTS) is 1. The van der Waals surface area contributed by atoms with Crippen molar-refractivity contribution < 1.29 is 19.7 Å². The summed E-state index contributed by atoms with van der Waals surface area (Å²) >= 11 is 0. The lowest BCUT2D eigenvalue weighted by Crippen LogP contribution is -2.36. The Labute approximate surface area is 105 Å². The van der Waals surface area contributed by atoms with Crippen LogP contribution in [0.3, 0.4) is 0 Å². The minimum Gasteiger partial charge on any atom is -0.513 e. The first-order chi connectivity index (χ1) is 8.47. The molecule has 0 fully saturated rings. The molecule has 4 N–H and O–H groups in total. The Morgan fingerprint density at radius 1 is 1.50 bits per heavy atom. The number of ether oxygens (including phenoxy) is 1. The largest absolute Gasteiger partial charge is 0.513 e. The Kier molecular flexibility index (Phi) is 4.42. The zero-order valence-corrected chi connectivity index (χ0v) is 10.2. The molecule has 0 radical (unpaired) electrons. The predicted molar refractivity (Wildman–Crippen MR) is 67.1 cm³/mol. The molecule has 1 unspecified atom stereocenters. The lowest BCUT2D eigenvalue weighted by atomic mass is 10.3. The highest BCUT2D eigenvalue weighted by Gasteiger charge is 2.20. The van der Waals surface area contributed by atoms with Gasteiger partial charge in [0.2, 0.25) is 0 Å². The maximum atomic E-state index is 10.8. The van der Waals surface area contributed by atoms with E-state index in [0.717, 1.165) is 0 Å². The standard InChI is InChI=1S/C12H16N2O4/c1-8(14(2)10(7-15)12(16)17)18-11-6-4-3-5-9(11)13/h3-8,15H,13H2,1-2H3,(H,16,17)/b10-7-. The molecule has 0 heterocycles. The van der Waals surface area contributed by atoms with Crippen LogP contribution in [0.25, 0.3) is 0 Å². The summed E-state index contributed by atoms with van der Waals surface area (Å²) in [6.45, 7) is 1.65. The van der Waals surface area contributed by atoms with Crippen LogP contribution >= 0.6 is 0 Å². The summed E-state index contributed by atoms with van der Waals surface area (Å²) in [5.41, 5.74) is 5.91. The fourth-order valence-corrected chi connectivity index (χ4v) is 1.34. The van der Waals surface area contributed by atoms with Crippen LogP contribution in [-0.4, -0.2) is 34.4 Å². The third kappa shape index (κ3) is 3.07. The number of rotatable bonds is 5. The van der Waals surface area contributed by atoms with Gasteiger partial charge in [0, 0.05) is 7.05 Å². The molecule has 0 spiro atoms. The average Bonchev–Trinajstić information content (AvgIpc) is 2.32. The number of nitrogen functional groups attached to an aromatic ring is 1. The Bertz CT molecular complexity index is 459. The smallest absolute Gasteiger partial charge is 0.355 e. The Balaban J connectivity index is 2.80. The van der Waals surface area contributed by atoms with E-state index >= 15 is 0 Å². The molecule has 1 rings (SSSR count). The molecule has 0 aromatic heterocycles. The molecule has 6 nitrogen and oxygen atoms in total. The van der Waals surface area contributed by atoms with E-state index in [1.807, 2.05) is 0 Å². The molecule has 98 valence electrons. The van der Waals surface area contributed by atoms with E-state index in [0.29, 0.717) is 17.7 Å². The molecule has 0 aliphatic heterocycles. The summed E-state index contributed by atoms with van der Waals surface area (Å²) in [5, 5.41) is 17.7. The van der Waals surface area contributed by atoms with Crippen LogP contribution in [0.1, 0.15) is 6.92 Å². The molecule has 6 heteroatoms. The van der Waals surface area contributed by atoms with Crippen molar-refractivity contribution in [1.29, 1.82) is 0 Å². The van der Waals surface area contributed by atoms with Gasteiger partial charge in [0.25, 0.3) is 0 Å². The second kappa shape index (κ2) is 5.81. The molecule has 1 atom stereocenters. The van der Waals surface area contributed by atoms with E-state index in [4.69, 9.17) is 20.7 Å². The van der Waals surface area contributed by atoms with Gasteiger partial charge < -0.3 is 25.6 Å². The third-order valence-electron chi connectivity index (χ3n) is 2.48. The first-order valence-electron chi connectivity index (χ1n) is 5.29. The van der Waals surface area contributed by atoms with Gasteiger partial charge in [-0.25, -0.2) is 4.79 Å². The highest BCUT2D eigenvalue weighted by Crippen LogP contribution is 2.22. The number of carboxylic acids is 1. The molecular weight excluding hydrogens is 236 g/mol. The van der Waals surface area contributed by atoms with Gasteiger partial charge >= 0.3 is 5.97 Å². The summed E-state index contributed by atoms with van der Waals surface area (Å²) in [4.78, 5) is 12.1. The van der Waals surface area contributed by atoms with Crippen molar-refractivity contribution in [2.45, 2.75) is 13.2 Å². The third-order valence-corrected chi connectivity index (χ3v) is 2.48. The van der Waals surface area contributed by atoms with Gasteiger partial charge in [0.05, 0.1) is 5.69 Å². The van der Waals surface area contributed by atoms with Gasteiger partial charge in [-0.15, -0.1) is 0 Å². The van der Waals surface area contributed by atoms with Crippen LogP contribution in [0.5, 0.6) is 5.75 Å². The summed E-state index contributed by atoms with van der Waals surface area (Å²) in [7, 11) is 1.50. The molecule has 0 aliphatic carbocycles. The van der Waals surface area contributed by atoms with Gasteiger partial charge in [0.1, 0.15) is 12.0 Å². The van der Waals surface area contributed by atoms with Crippen molar-refractivity contribution in [3.05, 3.63) is 36.2 Å². The average molecular weight is 252 g/mol. The van der Waals surface area contributed by atoms with Gasteiger partial charge in [0.15, 0.2) is 11.9 Å². The number of likely N-dealkylation sites (N-methyl/N-ethyl adjacent to an activating group) is 1. The van der Waals surface area contributed by atoms with Crippen molar-refractivity contribution in [2.75, 3.05) is 12.8 Å². The lowest BCUT2D eigenvalue weighted by molar-refractivity contribution is -0.135. The number of aliphatic hydroxyl groups is 1. The highest BCUT2D eigenvalue weighted by molar-refractivity contribution is 5.85. The molecule has 1 aromatic rings. The molecular formula is C12H16N2O4. The van der Waals surface area contributed by atoms with Gasteiger partial charge in [-0.05, 0) is 19.1 Å². The number of aliphatic carboxylic acids is 1. The number of nitrogens with zero attached hydrogens (tertiary/aromatic N) is 1. The van der Waals surface area contributed by atoms with E-state index in [1.54, 1.807) is 31.2 Å². The van der Waals surface area contributed by atoms with Crippen LogP contribution in [-0.2, 0) is 4.79 Å². The molecule has 0 bridgehead atoms. The van der Waals surface area contributed by atoms with Crippen LogP contribution < -0.4 is 10.5 Å². The topological polar surface area (TPSA) is 96.0 Å². The van der Waals surface area contributed by atoms with Gasteiger partial charge in [-0.3, -0.25) is 0 Å². The second-order valence-electron chi connectivity index (χ2n) is 3.69. The SMILES string of the molecule is CC(Oc1ccccc1N)N(C)/C(=C\O)C(=O)O. The maximum absolute atomic E-state index is 10.8. The summed E-state index contributed by atoms with van der Waals surface area (Å²) in [5.74, 6) is -0.781.